The molecule has 4 rings (SSSR count). The number of anilines is 1. The molecule has 0 bridgehead atoms. The molecule has 0 saturated carbocycles. The maximum absolute atomic E-state index is 13.0. The lowest BCUT2D eigenvalue weighted by Gasteiger charge is -2.18. The van der Waals surface area contributed by atoms with Crippen LogP contribution in [-0.2, 0) is 22.2 Å². The zero-order valence-corrected chi connectivity index (χ0v) is 20.3. The van der Waals surface area contributed by atoms with E-state index >= 15 is 0 Å². The van der Waals surface area contributed by atoms with Gasteiger partial charge in [0.2, 0.25) is 11.8 Å². The van der Waals surface area contributed by atoms with Crippen LogP contribution in [0.15, 0.2) is 85.2 Å². The molecule has 0 aliphatic rings. The van der Waals surface area contributed by atoms with Gasteiger partial charge in [-0.25, -0.2) is 0 Å². The van der Waals surface area contributed by atoms with E-state index in [4.69, 9.17) is 11.6 Å². The van der Waals surface area contributed by atoms with Gasteiger partial charge in [-0.3, -0.25) is 9.59 Å². The van der Waals surface area contributed by atoms with E-state index in [1.807, 2.05) is 6.07 Å². The lowest BCUT2D eigenvalue weighted by atomic mass is 10.0. The first-order valence-electron chi connectivity index (χ1n) is 11.2. The molecule has 0 spiro atoms. The van der Waals surface area contributed by atoms with Gasteiger partial charge in [0.15, 0.2) is 0 Å². The van der Waals surface area contributed by atoms with E-state index in [1.54, 1.807) is 42.5 Å². The Morgan fingerprint density at radius 1 is 1.03 bits per heavy atom. The lowest BCUT2D eigenvalue weighted by Crippen LogP contribution is -2.44. The Balaban J connectivity index is 1.51. The van der Waals surface area contributed by atoms with E-state index in [2.05, 4.69) is 26.2 Å². The van der Waals surface area contributed by atoms with Gasteiger partial charge in [0.1, 0.15) is 12.4 Å². The SMILES string of the molecule is O=C(/C=C/c1cc(Cl)ccc1-n1cnnn1)NC(Cc1ccccc1)C(=O)Nc1ccc(C(F)(F)F)cc1. The van der Waals surface area contributed by atoms with Crippen LogP contribution < -0.4 is 10.6 Å². The highest BCUT2D eigenvalue weighted by molar-refractivity contribution is 6.30. The molecule has 1 heterocycles. The summed E-state index contributed by atoms with van der Waals surface area (Å²) < 4.78 is 40.0. The highest BCUT2D eigenvalue weighted by Gasteiger charge is 2.30. The summed E-state index contributed by atoms with van der Waals surface area (Å²) >= 11 is 6.11. The van der Waals surface area contributed by atoms with Crippen molar-refractivity contribution in [2.45, 2.75) is 18.6 Å². The molecular formula is C26H20ClF3N6O2. The molecule has 1 aromatic heterocycles. The maximum atomic E-state index is 13.0. The van der Waals surface area contributed by atoms with E-state index in [0.717, 1.165) is 29.8 Å². The third-order valence-corrected chi connectivity index (χ3v) is 5.63. The molecule has 4 aromatic rings. The molecule has 2 amide bonds. The molecule has 194 valence electrons. The molecule has 2 N–H and O–H groups in total. The third-order valence-electron chi connectivity index (χ3n) is 5.40. The summed E-state index contributed by atoms with van der Waals surface area (Å²) in [5, 5.41) is 16.7. The van der Waals surface area contributed by atoms with Crippen LogP contribution >= 0.6 is 11.6 Å². The molecule has 38 heavy (non-hydrogen) atoms. The minimum Gasteiger partial charge on any atom is -0.340 e. The first-order chi connectivity index (χ1) is 18.2. The number of halogens is 4. The number of alkyl halides is 3. The summed E-state index contributed by atoms with van der Waals surface area (Å²) in [6.07, 6.45) is -0.206. The van der Waals surface area contributed by atoms with Crippen molar-refractivity contribution in [2.24, 2.45) is 0 Å². The Morgan fingerprint density at radius 3 is 2.42 bits per heavy atom. The minimum absolute atomic E-state index is 0.153. The number of carbonyl (C=O) groups is 2. The largest absolute Gasteiger partial charge is 0.416 e. The number of tetrazole rings is 1. The minimum atomic E-state index is -4.49. The normalized spacial score (nSPS) is 12.3. The monoisotopic (exact) mass is 540 g/mol. The number of nitrogens with one attached hydrogen (secondary N) is 2. The summed E-state index contributed by atoms with van der Waals surface area (Å²) in [5.41, 5.74) is 1.23. The van der Waals surface area contributed by atoms with Crippen molar-refractivity contribution in [3.8, 4) is 5.69 Å². The first kappa shape index (κ1) is 26.6. The van der Waals surface area contributed by atoms with Crippen LogP contribution in [0.3, 0.4) is 0 Å². The fourth-order valence-electron chi connectivity index (χ4n) is 3.56. The summed E-state index contributed by atoms with van der Waals surface area (Å²) in [7, 11) is 0. The van der Waals surface area contributed by atoms with Crippen molar-refractivity contribution in [2.75, 3.05) is 5.32 Å². The quantitative estimate of drug-likeness (QED) is 0.315. The smallest absolute Gasteiger partial charge is 0.340 e. The Hall–Kier alpha value is -4.51. The summed E-state index contributed by atoms with van der Waals surface area (Å²) in [6.45, 7) is 0. The second kappa shape index (κ2) is 11.7. The van der Waals surface area contributed by atoms with Gasteiger partial charge in [0.25, 0.3) is 0 Å². The lowest BCUT2D eigenvalue weighted by molar-refractivity contribution is -0.137. The molecule has 1 atom stereocenters. The number of hydrogen-bond donors (Lipinski definition) is 2. The van der Waals surface area contributed by atoms with Crippen LogP contribution in [0.1, 0.15) is 16.7 Å². The molecule has 12 heteroatoms. The van der Waals surface area contributed by atoms with Crippen LogP contribution in [0, 0.1) is 0 Å². The second-order valence-corrected chi connectivity index (χ2v) is 8.54. The fourth-order valence-corrected chi connectivity index (χ4v) is 3.74. The number of benzene rings is 3. The van der Waals surface area contributed by atoms with Gasteiger partial charge >= 0.3 is 6.18 Å². The number of carbonyl (C=O) groups excluding carboxylic acids is 2. The predicted molar refractivity (Wildman–Crippen MR) is 135 cm³/mol. The number of amides is 2. The van der Waals surface area contributed by atoms with E-state index < -0.39 is 29.6 Å². The van der Waals surface area contributed by atoms with Gasteiger partial charge < -0.3 is 10.6 Å². The molecule has 0 saturated heterocycles. The van der Waals surface area contributed by atoms with Crippen LogP contribution in [0.2, 0.25) is 5.02 Å². The number of aromatic nitrogens is 4. The van der Waals surface area contributed by atoms with Gasteiger partial charge in [0, 0.05) is 28.8 Å². The molecule has 0 fully saturated rings. The standard InChI is InChI=1S/C26H20ClF3N6O2/c27-20-9-12-23(36-16-31-34-35-36)18(15-20)6-13-24(37)33-22(14-17-4-2-1-3-5-17)25(38)32-21-10-7-19(8-11-21)26(28,29)30/h1-13,15-16,22H,14H2,(H,32,38)(H,33,37)/b13-6+. The van der Waals surface area contributed by atoms with Crippen LogP contribution in [-0.4, -0.2) is 38.1 Å². The van der Waals surface area contributed by atoms with Crippen molar-refractivity contribution in [1.82, 2.24) is 25.5 Å². The van der Waals surface area contributed by atoms with E-state index in [0.29, 0.717) is 16.3 Å². The Bertz CT molecular complexity index is 1430. The van der Waals surface area contributed by atoms with E-state index in [1.165, 1.54) is 23.2 Å². The first-order valence-corrected chi connectivity index (χ1v) is 11.6. The fraction of sp³-hybridized carbons (Fsp3) is 0.115. The zero-order valence-electron chi connectivity index (χ0n) is 19.6. The predicted octanol–water partition coefficient (Wildman–Crippen LogP) is 4.71. The van der Waals surface area contributed by atoms with Gasteiger partial charge in [-0.2, -0.15) is 17.9 Å². The molecule has 1 unspecified atom stereocenters. The number of rotatable bonds is 8. The average molecular weight is 541 g/mol. The summed E-state index contributed by atoms with van der Waals surface area (Å²) in [4.78, 5) is 25.9. The number of nitrogens with zero attached hydrogens (tertiary/aromatic N) is 4. The molecule has 0 radical (unpaired) electrons. The third kappa shape index (κ3) is 7.04. The van der Waals surface area contributed by atoms with E-state index in [9.17, 15) is 22.8 Å². The second-order valence-electron chi connectivity index (χ2n) is 8.11. The number of hydrogen-bond acceptors (Lipinski definition) is 5. The van der Waals surface area contributed by atoms with Gasteiger partial charge in [0.05, 0.1) is 11.3 Å². The van der Waals surface area contributed by atoms with Crippen molar-refractivity contribution in [3.63, 3.8) is 0 Å². The van der Waals surface area contributed by atoms with Crippen molar-refractivity contribution < 1.29 is 22.8 Å². The van der Waals surface area contributed by atoms with Gasteiger partial charge in [-0.1, -0.05) is 41.9 Å². The average Bonchev–Trinajstić information content (AvgIpc) is 3.42. The Morgan fingerprint density at radius 2 is 1.76 bits per heavy atom. The van der Waals surface area contributed by atoms with Gasteiger partial charge in [-0.05, 0) is 64.5 Å². The van der Waals surface area contributed by atoms with Crippen molar-refractivity contribution >= 4 is 35.2 Å². The summed E-state index contributed by atoms with van der Waals surface area (Å²) in [6, 6.07) is 17.0. The highest BCUT2D eigenvalue weighted by atomic mass is 35.5. The van der Waals surface area contributed by atoms with Gasteiger partial charge in [-0.15, -0.1) is 5.10 Å². The molecule has 0 aliphatic carbocycles. The topological polar surface area (TPSA) is 102 Å². The maximum Gasteiger partial charge on any atom is 0.416 e. The molecule has 8 nitrogen and oxygen atoms in total. The Labute approximate surface area is 220 Å². The molecule has 3 aromatic carbocycles. The molecule has 0 aliphatic heterocycles. The van der Waals surface area contributed by atoms with Crippen molar-refractivity contribution in [1.29, 1.82) is 0 Å². The van der Waals surface area contributed by atoms with E-state index in [-0.39, 0.29) is 12.1 Å². The molecular weight excluding hydrogens is 521 g/mol. The van der Waals surface area contributed by atoms with Crippen LogP contribution in [0.4, 0.5) is 18.9 Å². The highest BCUT2D eigenvalue weighted by Crippen LogP contribution is 2.30. The van der Waals surface area contributed by atoms with Crippen molar-refractivity contribution in [3.05, 3.63) is 107 Å². The van der Waals surface area contributed by atoms with Crippen LogP contribution in [0.5, 0.6) is 0 Å². The summed E-state index contributed by atoms with van der Waals surface area (Å²) in [5.74, 6) is -1.16. The van der Waals surface area contributed by atoms with Crippen LogP contribution in [0.25, 0.3) is 11.8 Å². The zero-order chi connectivity index (χ0) is 27.1. The Kier molecular flexibility index (Phi) is 8.17.